The molecule has 0 saturated carbocycles. The van der Waals surface area contributed by atoms with Gasteiger partial charge in [-0.3, -0.25) is 4.79 Å². The van der Waals surface area contributed by atoms with E-state index in [1.807, 2.05) is 46.5 Å². The summed E-state index contributed by atoms with van der Waals surface area (Å²) >= 11 is 0. The maximum absolute atomic E-state index is 12.4. The molecule has 3 heterocycles. The predicted octanol–water partition coefficient (Wildman–Crippen LogP) is 2.97. The number of aryl methyl sites for hydroxylation is 2. The highest BCUT2D eigenvalue weighted by Crippen LogP contribution is 2.19. The maximum atomic E-state index is 12.4. The Morgan fingerprint density at radius 2 is 1.81 bits per heavy atom. The van der Waals surface area contributed by atoms with Crippen LogP contribution in [-0.4, -0.2) is 45.2 Å². The zero-order valence-electron chi connectivity index (χ0n) is 17.8. The number of rotatable bonds is 7. The first-order valence-corrected chi connectivity index (χ1v) is 11.5. The number of aromatic nitrogens is 4. The Morgan fingerprint density at radius 3 is 2.53 bits per heavy atom. The number of carboxylic acid groups (broad SMARTS) is 1. The number of benzene rings is 1. The Morgan fingerprint density at radius 1 is 1.09 bits per heavy atom. The van der Waals surface area contributed by atoms with Crippen molar-refractivity contribution in [2.45, 2.75) is 31.7 Å². The number of imidazole rings is 1. The Bertz CT molecular complexity index is 1290. The van der Waals surface area contributed by atoms with Gasteiger partial charge in [-0.05, 0) is 43.7 Å². The van der Waals surface area contributed by atoms with Crippen LogP contribution in [0, 0.1) is 6.92 Å². The molecule has 0 spiro atoms. The molecule has 0 atom stereocenters. The fourth-order valence-corrected chi connectivity index (χ4v) is 4.17. The normalized spacial score (nSPS) is 11.2. The first-order chi connectivity index (χ1) is 15.3. The summed E-state index contributed by atoms with van der Waals surface area (Å²) in [5, 5.41) is 11.8. The van der Waals surface area contributed by atoms with Crippen molar-refractivity contribution in [2.24, 2.45) is 0 Å². The van der Waals surface area contributed by atoms with E-state index in [9.17, 15) is 8.42 Å². The summed E-state index contributed by atoms with van der Waals surface area (Å²) in [5.74, 6) is -0.0318. The lowest BCUT2D eigenvalue weighted by Gasteiger charge is -2.10. The van der Waals surface area contributed by atoms with E-state index in [1.54, 1.807) is 36.7 Å². The number of nitrogens with zero attached hydrogens (tertiary/aromatic N) is 4. The fourth-order valence-electron chi connectivity index (χ4n) is 3.10. The molecule has 0 bridgehead atoms. The minimum atomic E-state index is -3.49. The van der Waals surface area contributed by atoms with E-state index in [2.05, 4.69) is 14.8 Å². The van der Waals surface area contributed by atoms with Crippen LogP contribution < -0.4 is 4.72 Å². The van der Waals surface area contributed by atoms with Crippen LogP contribution >= 0.6 is 0 Å². The van der Waals surface area contributed by atoms with Crippen molar-refractivity contribution < 1.29 is 18.3 Å². The number of nitrogens with one attached hydrogen (secondary N) is 1. The first-order valence-electron chi connectivity index (χ1n) is 9.98. The van der Waals surface area contributed by atoms with Crippen molar-refractivity contribution in [3.05, 3.63) is 72.7 Å². The van der Waals surface area contributed by atoms with Gasteiger partial charge in [0.15, 0.2) is 5.82 Å². The lowest BCUT2D eigenvalue weighted by molar-refractivity contribution is -0.134. The predicted molar refractivity (Wildman–Crippen MR) is 121 cm³/mol. The van der Waals surface area contributed by atoms with E-state index in [0.717, 1.165) is 29.5 Å². The molecular weight excluding hydrogens is 430 g/mol. The summed E-state index contributed by atoms with van der Waals surface area (Å²) in [5.41, 5.74) is 2.92. The maximum Gasteiger partial charge on any atom is 0.300 e. The second kappa shape index (κ2) is 10.2. The summed E-state index contributed by atoms with van der Waals surface area (Å²) in [4.78, 5) is 13.7. The van der Waals surface area contributed by atoms with Gasteiger partial charge in [0.25, 0.3) is 5.97 Å². The quantitative estimate of drug-likeness (QED) is 0.414. The molecule has 0 aliphatic rings. The molecule has 32 heavy (non-hydrogen) atoms. The summed E-state index contributed by atoms with van der Waals surface area (Å²) in [6, 6.07) is 14.7. The Labute approximate surface area is 186 Å². The van der Waals surface area contributed by atoms with E-state index in [0.29, 0.717) is 19.5 Å². The van der Waals surface area contributed by atoms with Crippen LogP contribution in [0.4, 0.5) is 0 Å². The van der Waals surface area contributed by atoms with Crippen LogP contribution in [0.2, 0.25) is 0 Å². The molecule has 0 unspecified atom stereocenters. The zero-order valence-corrected chi connectivity index (χ0v) is 18.7. The molecule has 4 rings (SSSR count). The van der Waals surface area contributed by atoms with Crippen LogP contribution in [0.5, 0.6) is 0 Å². The number of aliphatic carboxylic acids is 1. The van der Waals surface area contributed by atoms with Gasteiger partial charge in [0.2, 0.25) is 10.0 Å². The van der Waals surface area contributed by atoms with Crippen LogP contribution in [0.1, 0.15) is 18.9 Å². The SMILES string of the molecule is CC(=O)O.Cc1ccc(S(=O)(=O)NCCCn2ccnc2-c2cccc3ccnn23)cc1. The van der Waals surface area contributed by atoms with E-state index < -0.39 is 16.0 Å². The molecule has 0 saturated heterocycles. The van der Waals surface area contributed by atoms with E-state index >= 15 is 0 Å². The lowest BCUT2D eigenvalue weighted by atomic mass is 10.2. The molecule has 0 aliphatic heterocycles. The topological polar surface area (TPSA) is 119 Å². The molecule has 3 aromatic heterocycles. The minimum Gasteiger partial charge on any atom is -0.481 e. The largest absolute Gasteiger partial charge is 0.481 e. The molecule has 0 aliphatic carbocycles. The molecule has 0 fully saturated rings. The molecule has 2 N–H and O–H groups in total. The van der Waals surface area contributed by atoms with Crippen LogP contribution in [-0.2, 0) is 21.4 Å². The molecule has 0 radical (unpaired) electrons. The molecule has 168 valence electrons. The average Bonchev–Trinajstić information content (AvgIpc) is 3.40. The third-order valence-corrected chi connectivity index (χ3v) is 6.04. The number of sulfonamides is 1. The smallest absolute Gasteiger partial charge is 0.300 e. The van der Waals surface area contributed by atoms with Crippen LogP contribution in [0.25, 0.3) is 17.0 Å². The van der Waals surface area contributed by atoms with Gasteiger partial charge in [0.05, 0.1) is 16.6 Å². The second-order valence-corrected chi connectivity index (χ2v) is 8.87. The Balaban J connectivity index is 0.000000668. The van der Waals surface area contributed by atoms with Gasteiger partial charge in [0.1, 0.15) is 5.69 Å². The molecule has 9 nitrogen and oxygen atoms in total. The number of carboxylic acids is 1. The van der Waals surface area contributed by atoms with Gasteiger partial charge in [0, 0.05) is 32.4 Å². The van der Waals surface area contributed by atoms with Gasteiger partial charge in [-0.15, -0.1) is 0 Å². The second-order valence-electron chi connectivity index (χ2n) is 7.11. The van der Waals surface area contributed by atoms with Gasteiger partial charge in [-0.2, -0.15) is 5.10 Å². The first kappa shape index (κ1) is 23.2. The number of hydrogen-bond donors (Lipinski definition) is 2. The van der Waals surface area contributed by atoms with Gasteiger partial charge in [-0.1, -0.05) is 23.8 Å². The van der Waals surface area contributed by atoms with Crippen molar-refractivity contribution in [2.75, 3.05) is 6.54 Å². The number of carbonyl (C=O) groups is 1. The molecule has 0 amide bonds. The molecule has 4 aromatic rings. The van der Waals surface area contributed by atoms with Crippen molar-refractivity contribution in [1.29, 1.82) is 0 Å². The summed E-state index contributed by atoms with van der Waals surface area (Å²) in [6.45, 7) is 4.00. The van der Waals surface area contributed by atoms with E-state index in [-0.39, 0.29) is 4.90 Å². The number of pyridine rings is 1. The zero-order chi connectivity index (χ0) is 23.1. The average molecular weight is 456 g/mol. The van der Waals surface area contributed by atoms with E-state index in [4.69, 9.17) is 9.90 Å². The van der Waals surface area contributed by atoms with Gasteiger partial charge >= 0.3 is 0 Å². The third kappa shape index (κ3) is 5.80. The highest BCUT2D eigenvalue weighted by Gasteiger charge is 2.14. The lowest BCUT2D eigenvalue weighted by Crippen LogP contribution is -2.25. The number of hydrogen-bond acceptors (Lipinski definition) is 5. The number of fused-ring (bicyclic) bond motifs is 1. The highest BCUT2D eigenvalue weighted by atomic mass is 32.2. The Hall–Kier alpha value is -3.50. The van der Waals surface area contributed by atoms with Crippen LogP contribution in [0.3, 0.4) is 0 Å². The summed E-state index contributed by atoms with van der Waals surface area (Å²) in [6.07, 6.45) is 6.04. The van der Waals surface area contributed by atoms with Gasteiger partial charge < -0.3 is 9.67 Å². The van der Waals surface area contributed by atoms with Crippen molar-refractivity contribution in [1.82, 2.24) is 23.9 Å². The monoisotopic (exact) mass is 455 g/mol. The fraction of sp³-hybridized carbons (Fsp3) is 0.227. The highest BCUT2D eigenvalue weighted by molar-refractivity contribution is 7.89. The molecule has 10 heteroatoms. The van der Waals surface area contributed by atoms with Crippen LogP contribution in [0.15, 0.2) is 72.0 Å². The van der Waals surface area contributed by atoms with Crippen molar-refractivity contribution >= 4 is 21.5 Å². The molecular formula is C22H25N5O4S. The van der Waals surface area contributed by atoms with Gasteiger partial charge in [-0.25, -0.2) is 22.6 Å². The molecule has 1 aromatic carbocycles. The Kier molecular flexibility index (Phi) is 7.39. The van der Waals surface area contributed by atoms with Crippen molar-refractivity contribution in [3.8, 4) is 11.5 Å². The standard InChI is InChI=1S/C20H21N5O2S.C2H4O2/c1-16-6-8-18(9-7-16)28(26,27)23-11-3-14-24-15-13-21-20(24)19-5-2-4-17-10-12-22-25(17)19;1-2(3)4/h2,4-10,12-13,15,23H,3,11,14H2,1H3;1H3,(H,3,4). The third-order valence-electron chi connectivity index (χ3n) is 4.57. The summed E-state index contributed by atoms with van der Waals surface area (Å²) in [7, 11) is -3.49. The summed E-state index contributed by atoms with van der Waals surface area (Å²) < 4.78 is 31.3. The van der Waals surface area contributed by atoms with Crippen molar-refractivity contribution in [3.63, 3.8) is 0 Å². The minimum absolute atomic E-state index is 0.284. The van der Waals surface area contributed by atoms with E-state index in [1.165, 1.54) is 0 Å².